The minimum atomic E-state index is -0.948. The maximum Gasteiger partial charge on any atom is 0.284 e. The van der Waals surface area contributed by atoms with Crippen molar-refractivity contribution >= 4 is 23.1 Å². The van der Waals surface area contributed by atoms with Crippen molar-refractivity contribution in [1.29, 1.82) is 0 Å². The highest BCUT2D eigenvalue weighted by Crippen LogP contribution is 2.22. The van der Waals surface area contributed by atoms with Crippen molar-refractivity contribution in [2.24, 2.45) is 0 Å². The average molecular weight is 254 g/mol. The van der Waals surface area contributed by atoms with E-state index in [1.165, 1.54) is 0 Å². The van der Waals surface area contributed by atoms with Crippen molar-refractivity contribution in [2.75, 3.05) is 25.8 Å². The molecule has 0 fully saturated rings. The third-order valence-corrected chi connectivity index (χ3v) is 2.32. The normalized spacial score (nSPS) is 12.2. The molecular weight excluding hydrogens is 232 g/mol. The minimum absolute atomic E-state index is 0.221. The van der Waals surface area contributed by atoms with Crippen LogP contribution in [0.3, 0.4) is 0 Å². The molecule has 0 radical (unpaired) electrons. The van der Waals surface area contributed by atoms with Gasteiger partial charge in [0, 0.05) is 19.6 Å². The Bertz CT molecular complexity index is 132. The molecule has 0 heterocycles. The van der Waals surface area contributed by atoms with E-state index in [4.69, 9.17) is 18.6 Å². The second kappa shape index (κ2) is 9.62. The molecule has 0 aliphatic heterocycles. The maximum absolute atomic E-state index is 5.53. The summed E-state index contributed by atoms with van der Waals surface area (Å²) in [5.74, 6) is -0.163. The van der Waals surface area contributed by atoms with Crippen LogP contribution in [-0.2, 0) is 18.6 Å². The van der Waals surface area contributed by atoms with Gasteiger partial charge < -0.3 is 18.6 Å². The topological polar surface area (TPSA) is 36.9 Å². The molecule has 0 aromatic heterocycles. The summed E-state index contributed by atoms with van der Waals surface area (Å²) in [7, 11) is 0.644. The highest BCUT2D eigenvalue weighted by atomic mass is 32.1. The van der Waals surface area contributed by atoms with Crippen LogP contribution in [0.5, 0.6) is 0 Å². The average Bonchev–Trinajstić information content (AvgIpc) is 2.24. The van der Waals surface area contributed by atoms with Gasteiger partial charge in [0.15, 0.2) is 0 Å². The standard InChI is InChI=1S/C9H22O4SSi/c1-3-10-9(11-4-2,6-5-7-14)12-8-13-15/h14H,3-8H2,1-2,15H3. The third kappa shape index (κ3) is 6.55. The SMILES string of the molecule is CCOC(CCCS)(OCC)OCO[SiH3]. The van der Waals surface area contributed by atoms with Crippen LogP contribution >= 0.6 is 12.6 Å². The molecule has 92 valence electrons. The van der Waals surface area contributed by atoms with Crippen LogP contribution < -0.4 is 0 Å². The van der Waals surface area contributed by atoms with Crippen LogP contribution in [0.15, 0.2) is 0 Å². The van der Waals surface area contributed by atoms with E-state index in [9.17, 15) is 0 Å². The highest BCUT2D eigenvalue weighted by molar-refractivity contribution is 7.80. The molecule has 0 aliphatic rings. The minimum Gasteiger partial charge on any atom is -0.406 e. The largest absolute Gasteiger partial charge is 0.406 e. The first-order valence-corrected chi connectivity index (χ1v) is 6.71. The predicted molar refractivity (Wildman–Crippen MR) is 66.0 cm³/mol. The number of ether oxygens (including phenoxy) is 3. The summed E-state index contributed by atoms with van der Waals surface area (Å²) < 4.78 is 21.6. The zero-order valence-electron chi connectivity index (χ0n) is 9.82. The molecular formula is C9H22O4SSi. The summed E-state index contributed by atoms with van der Waals surface area (Å²) in [6, 6.07) is 0. The molecule has 15 heavy (non-hydrogen) atoms. The van der Waals surface area contributed by atoms with E-state index in [0.717, 1.165) is 12.2 Å². The van der Waals surface area contributed by atoms with Crippen LogP contribution in [-0.4, -0.2) is 42.2 Å². The first-order valence-electron chi connectivity index (χ1n) is 5.26. The van der Waals surface area contributed by atoms with Gasteiger partial charge in [-0.05, 0) is 26.0 Å². The van der Waals surface area contributed by atoms with E-state index in [1.807, 2.05) is 13.8 Å². The highest BCUT2D eigenvalue weighted by Gasteiger charge is 2.32. The van der Waals surface area contributed by atoms with Crippen LogP contribution in [0.2, 0.25) is 0 Å². The van der Waals surface area contributed by atoms with Crippen molar-refractivity contribution < 1.29 is 18.6 Å². The van der Waals surface area contributed by atoms with E-state index in [1.54, 1.807) is 0 Å². The van der Waals surface area contributed by atoms with Crippen molar-refractivity contribution in [1.82, 2.24) is 0 Å². The van der Waals surface area contributed by atoms with Crippen molar-refractivity contribution in [3.8, 4) is 0 Å². The van der Waals surface area contributed by atoms with E-state index >= 15 is 0 Å². The lowest BCUT2D eigenvalue weighted by atomic mass is 10.3. The van der Waals surface area contributed by atoms with Gasteiger partial charge in [0.05, 0.1) is 0 Å². The molecule has 0 unspecified atom stereocenters. The first kappa shape index (κ1) is 15.4. The van der Waals surface area contributed by atoms with Gasteiger partial charge in [-0.15, -0.1) is 0 Å². The molecule has 0 aromatic rings. The molecule has 0 aromatic carbocycles. The Balaban J connectivity index is 4.26. The van der Waals surface area contributed by atoms with Gasteiger partial charge in [-0.1, -0.05) is 0 Å². The summed E-state index contributed by atoms with van der Waals surface area (Å²) in [5, 5.41) is 0. The van der Waals surface area contributed by atoms with E-state index in [-0.39, 0.29) is 6.79 Å². The Hall–Kier alpha value is 0.407. The van der Waals surface area contributed by atoms with Crippen LogP contribution in [0.4, 0.5) is 0 Å². The van der Waals surface area contributed by atoms with E-state index in [0.29, 0.717) is 30.1 Å². The zero-order valence-corrected chi connectivity index (χ0v) is 12.7. The molecule has 6 heteroatoms. The van der Waals surface area contributed by atoms with Crippen LogP contribution in [0, 0.1) is 0 Å². The lowest BCUT2D eigenvalue weighted by Gasteiger charge is -2.32. The molecule has 0 saturated carbocycles. The Kier molecular flexibility index (Phi) is 9.88. The van der Waals surface area contributed by atoms with Crippen molar-refractivity contribution in [3.63, 3.8) is 0 Å². The smallest absolute Gasteiger partial charge is 0.284 e. The lowest BCUT2D eigenvalue weighted by Crippen LogP contribution is -2.40. The van der Waals surface area contributed by atoms with Gasteiger partial charge in [-0.3, -0.25) is 0 Å². The number of hydrogen-bond acceptors (Lipinski definition) is 5. The summed E-state index contributed by atoms with van der Waals surface area (Å²) >= 11 is 4.17. The number of thiol groups is 1. The monoisotopic (exact) mass is 254 g/mol. The molecule has 0 aliphatic carbocycles. The maximum atomic E-state index is 5.53. The quantitative estimate of drug-likeness (QED) is 0.354. The molecule has 0 bridgehead atoms. The second-order valence-corrected chi connectivity index (χ2v) is 3.95. The van der Waals surface area contributed by atoms with Gasteiger partial charge >= 0.3 is 0 Å². The molecule has 0 spiro atoms. The molecule has 0 rings (SSSR count). The second-order valence-electron chi connectivity index (χ2n) is 2.93. The summed E-state index contributed by atoms with van der Waals surface area (Å²) in [6.07, 6.45) is 1.55. The van der Waals surface area contributed by atoms with Crippen LogP contribution in [0.1, 0.15) is 26.7 Å². The fourth-order valence-electron chi connectivity index (χ4n) is 1.23. The van der Waals surface area contributed by atoms with Crippen molar-refractivity contribution in [2.45, 2.75) is 32.7 Å². The molecule has 0 saturated heterocycles. The fraction of sp³-hybridized carbons (Fsp3) is 1.00. The summed E-state index contributed by atoms with van der Waals surface area (Å²) in [5.41, 5.74) is 0. The zero-order chi connectivity index (χ0) is 11.6. The summed E-state index contributed by atoms with van der Waals surface area (Å²) in [6.45, 7) is 5.15. The molecule has 0 amide bonds. The van der Waals surface area contributed by atoms with Gasteiger partial charge in [0.25, 0.3) is 5.97 Å². The van der Waals surface area contributed by atoms with Gasteiger partial charge in [0.1, 0.15) is 17.3 Å². The van der Waals surface area contributed by atoms with Gasteiger partial charge in [-0.25, -0.2) is 0 Å². The Morgan fingerprint density at radius 2 is 1.73 bits per heavy atom. The predicted octanol–water partition coefficient (Wildman–Crippen LogP) is 0.694. The number of hydrogen-bond donors (Lipinski definition) is 1. The summed E-state index contributed by atoms with van der Waals surface area (Å²) in [4.78, 5) is 0. The van der Waals surface area contributed by atoms with Gasteiger partial charge in [-0.2, -0.15) is 12.6 Å². The Morgan fingerprint density at radius 3 is 2.13 bits per heavy atom. The molecule has 4 nitrogen and oxygen atoms in total. The fourth-order valence-corrected chi connectivity index (χ4v) is 1.50. The Labute approximate surface area is 101 Å². The van der Waals surface area contributed by atoms with Gasteiger partial charge in [0.2, 0.25) is 0 Å². The van der Waals surface area contributed by atoms with Crippen LogP contribution in [0.25, 0.3) is 0 Å². The third-order valence-electron chi connectivity index (χ3n) is 1.77. The lowest BCUT2D eigenvalue weighted by molar-refractivity contribution is -0.392. The Morgan fingerprint density at radius 1 is 1.13 bits per heavy atom. The van der Waals surface area contributed by atoms with Crippen molar-refractivity contribution in [3.05, 3.63) is 0 Å². The van der Waals surface area contributed by atoms with E-state index in [2.05, 4.69) is 12.6 Å². The first-order chi connectivity index (χ1) is 7.24. The molecule has 0 atom stereocenters. The number of rotatable bonds is 10. The molecule has 0 N–H and O–H groups in total. The van der Waals surface area contributed by atoms with E-state index < -0.39 is 5.97 Å².